The molecule has 15 heavy (non-hydrogen) atoms. The SMILES string of the molecule is NCCCCN1CC=Cc2ccccc21. The number of anilines is 1. The third kappa shape index (κ3) is 2.39. The number of unbranched alkanes of at least 4 members (excludes halogenated alkanes) is 1. The molecule has 0 aromatic heterocycles. The second-order valence-corrected chi connectivity index (χ2v) is 3.90. The van der Waals surface area contributed by atoms with Crippen LogP contribution in [0.5, 0.6) is 0 Å². The largest absolute Gasteiger partial charge is 0.367 e. The molecule has 0 spiro atoms. The molecule has 0 aliphatic carbocycles. The van der Waals surface area contributed by atoms with E-state index in [1.165, 1.54) is 17.7 Å². The molecule has 80 valence electrons. The molecule has 2 heteroatoms. The van der Waals surface area contributed by atoms with Crippen LogP contribution in [0.4, 0.5) is 5.69 Å². The van der Waals surface area contributed by atoms with Crippen LogP contribution in [0.2, 0.25) is 0 Å². The number of rotatable bonds is 4. The number of benzene rings is 1. The number of nitrogens with two attached hydrogens (primary N) is 1. The van der Waals surface area contributed by atoms with E-state index in [-0.39, 0.29) is 0 Å². The standard InChI is InChI=1S/C13H18N2/c14-9-3-4-10-15-11-5-7-12-6-1-2-8-13(12)15/h1-2,5-8H,3-4,9-11,14H2. The van der Waals surface area contributed by atoms with Crippen molar-refractivity contribution >= 4 is 11.8 Å². The average Bonchev–Trinajstić information content (AvgIpc) is 2.30. The van der Waals surface area contributed by atoms with Crippen LogP contribution in [0.15, 0.2) is 30.3 Å². The summed E-state index contributed by atoms with van der Waals surface area (Å²) in [4.78, 5) is 2.42. The van der Waals surface area contributed by atoms with Gasteiger partial charge in [0.15, 0.2) is 0 Å². The molecule has 0 radical (unpaired) electrons. The van der Waals surface area contributed by atoms with E-state index in [4.69, 9.17) is 5.73 Å². The first-order chi connectivity index (χ1) is 7.42. The van der Waals surface area contributed by atoms with Gasteiger partial charge in [-0.05, 0) is 31.0 Å². The van der Waals surface area contributed by atoms with E-state index in [2.05, 4.69) is 41.3 Å². The molecule has 2 nitrogen and oxygen atoms in total. The van der Waals surface area contributed by atoms with Gasteiger partial charge in [-0.15, -0.1) is 0 Å². The average molecular weight is 202 g/mol. The predicted octanol–water partition coefficient (Wildman–Crippen LogP) is 2.26. The molecular weight excluding hydrogens is 184 g/mol. The zero-order valence-electron chi connectivity index (χ0n) is 9.02. The van der Waals surface area contributed by atoms with Gasteiger partial charge in [-0.3, -0.25) is 0 Å². The molecule has 1 aliphatic heterocycles. The lowest BCUT2D eigenvalue weighted by atomic mass is 10.1. The Morgan fingerprint density at radius 1 is 1.20 bits per heavy atom. The molecule has 1 aliphatic rings. The van der Waals surface area contributed by atoms with Crippen LogP contribution in [0, 0.1) is 0 Å². The lowest BCUT2D eigenvalue weighted by Crippen LogP contribution is -2.27. The van der Waals surface area contributed by atoms with E-state index in [1.807, 2.05) is 0 Å². The highest BCUT2D eigenvalue weighted by Crippen LogP contribution is 2.25. The third-order valence-electron chi connectivity index (χ3n) is 2.78. The molecule has 0 saturated heterocycles. The summed E-state index contributed by atoms with van der Waals surface area (Å²) >= 11 is 0. The van der Waals surface area contributed by atoms with E-state index in [1.54, 1.807) is 0 Å². The summed E-state index contributed by atoms with van der Waals surface area (Å²) in [7, 11) is 0. The topological polar surface area (TPSA) is 29.3 Å². The van der Waals surface area contributed by atoms with Crippen molar-refractivity contribution in [1.29, 1.82) is 0 Å². The highest BCUT2D eigenvalue weighted by atomic mass is 15.1. The van der Waals surface area contributed by atoms with Crippen molar-refractivity contribution in [2.24, 2.45) is 5.73 Å². The minimum absolute atomic E-state index is 0.797. The fourth-order valence-electron chi connectivity index (χ4n) is 1.98. The van der Waals surface area contributed by atoms with Crippen molar-refractivity contribution in [2.75, 3.05) is 24.5 Å². The second kappa shape index (κ2) is 4.99. The van der Waals surface area contributed by atoms with Gasteiger partial charge >= 0.3 is 0 Å². The fraction of sp³-hybridized carbons (Fsp3) is 0.385. The maximum atomic E-state index is 5.51. The van der Waals surface area contributed by atoms with Crippen molar-refractivity contribution in [2.45, 2.75) is 12.8 Å². The predicted molar refractivity (Wildman–Crippen MR) is 66.0 cm³/mol. The van der Waals surface area contributed by atoms with Crippen LogP contribution in [0.1, 0.15) is 18.4 Å². The number of para-hydroxylation sites is 1. The third-order valence-corrected chi connectivity index (χ3v) is 2.78. The summed E-state index contributed by atoms with van der Waals surface area (Å²) in [5.74, 6) is 0. The monoisotopic (exact) mass is 202 g/mol. The first kappa shape index (κ1) is 10.2. The Kier molecular flexibility index (Phi) is 3.41. The molecule has 0 fully saturated rings. The van der Waals surface area contributed by atoms with Gasteiger partial charge in [-0.2, -0.15) is 0 Å². The molecule has 0 saturated carbocycles. The highest BCUT2D eigenvalue weighted by molar-refractivity contribution is 5.71. The van der Waals surface area contributed by atoms with Gasteiger partial charge < -0.3 is 10.6 Å². The summed E-state index contributed by atoms with van der Waals surface area (Å²) in [6.07, 6.45) is 6.72. The summed E-state index contributed by atoms with van der Waals surface area (Å²) < 4.78 is 0. The van der Waals surface area contributed by atoms with Crippen LogP contribution < -0.4 is 10.6 Å². The second-order valence-electron chi connectivity index (χ2n) is 3.90. The van der Waals surface area contributed by atoms with Crippen LogP contribution in [0.25, 0.3) is 6.08 Å². The first-order valence-electron chi connectivity index (χ1n) is 5.62. The van der Waals surface area contributed by atoms with Gasteiger partial charge in [0.1, 0.15) is 0 Å². The number of nitrogens with zero attached hydrogens (tertiary/aromatic N) is 1. The normalized spacial score (nSPS) is 14.1. The van der Waals surface area contributed by atoms with E-state index in [0.717, 1.165) is 26.1 Å². The maximum absolute atomic E-state index is 5.51. The molecule has 2 rings (SSSR count). The molecular formula is C13H18N2. The molecule has 1 aromatic rings. The lowest BCUT2D eigenvalue weighted by Gasteiger charge is -2.28. The Morgan fingerprint density at radius 3 is 2.93 bits per heavy atom. The number of fused-ring (bicyclic) bond motifs is 1. The molecule has 1 heterocycles. The van der Waals surface area contributed by atoms with Crippen molar-refractivity contribution in [3.63, 3.8) is 0 Å². The van der Waals surface area contributed by atoms with Crippen LogP contribution >= 0.6 is 0 Å². The molecule has 0 unspecified atom stereocenters. The molecule has 0 bridgehead atoms. The van der Waals surface area contributed by atoms with Gasteiger partial charge in [0, 0.05) is 18.8 Å². The van der Waals surface area contributed by atoms with Crippen molar-refractivity contribution in [3.05, 3.63) is 35.9 Å². The van der Waals surface area contributed by atoms with Crippen LogP contribution in [-0.2, 0) is 0 Å². The van der Waals surface area contributed by atoms with Crippen molar-refractivity contribution < 1.29 is 0 Å². The minimum Gasteiger partial charge on any atom is -0.367 e. The van der Waals surface area contributed by atoms with Gasteiger partial charge in [0.2, 0.25) is 0 Å². The Morgan fingerprint density at radius 2 is 2.07 bits per heavy atom. The van der Waals surface area contributed by atoms with Gasteiger partial charge in [-0.25, -0.2) is 0 Å². The highest BCUT2D eigenvalue weighted by Gasteiger charge is 2.10. The van der Waals surface area contributed by atoms with E-state index >= 15 is 0 Å². The van der Waals surface area contributed by atoms with Gasteiger partial charge in [0.25, 0.3) is 0 Å². The van der Waals surface area contributed by atoms with Crippen LogP contribution in [-0.4, -0.2) is 19.6 Å². The molecule has 2 N–H and O–H groups in total. The Labute approximate surface area is 91.4 Å². The minimum atomic E-state index is 0.797. The van der Waals surface area contributed by atoms with Crippen LogP contribution in [0.3, 0.4) is 0 Å². The van der Waals surface area contributed by atoms with Crippen molar-refractivity contribution in [3.8, 4) is 0 Å². The Hall–Kier alpha value is -1.28. The fourth-order valence-corrected chi connectivity index (χ4v) is 1.98. The zero-order valence-corrected chi connectivity index (χ0v) is 9.02. The Bertz CT molecular complexity index is 344. The van der Waals surface area contributed by atoms with Gasteiger partial charge in [0.05, 0.1) is 0 Å². The number of hydrogen-bond donors (Lipinski definition) is 1. The summed E-state index contributed by atoms with van der Waals surface area (Å²) in [6, 6.07) is 8.56. The van der Waals surface area contributed by atoms with E-state index < -0.39 is 0 Å². The summed E-state index contributed by atoms with van der Waals surface area (Å²) in [6.45, 7) is 2.94. The zero-order chi connectivity index (χ0) is 10.5. The Balaban J connectivity index is 2.05. The summed E-state index contributed by atoms with van der Waals surface area (Å²) in [5, 5.41) is 0. The quantitative estimate of drug-likeness (QED) is 0.759. The van der Waals surface area contributed by atoms with Crippen molar-refractivity contribution in [1.82, 2.24) is 0 Å². The lowest BCUT2D eigenvalue weighted by molar-refractivity contribution is 0.712. The van der Waals surface area contributed by atoms with E-state index in [9.17, 15) is 0 Å². The molecule has 0 atom stereocenters. The maximum Gasteiger partial charge on any atom is 0.0442 e. The van der Waals surface area contributed by atoms with Gasteiger partial charge in [-0.1, -0.05) is 30.4 Å². The number of hydrogen-bond acceptors (Lipinski definition) is 2. The smallest absolute Gasteiger partial charge is 0.0442 e. The summed E-state index contributed by atoms with van der Waals surface area (Å²) in [5.41, 5.74) is 8.19. The first-order valence-corrected chi connectivity index (χ1v) is 5.62. The van der Waals surface area contributed by atoms with E-state index in [0.29, 0.717) is 0 Å². The molecule has 1 aromatic carbocycles. The molecule has 0 amide bonds.